The number of hydrogen-bond donors (Lipinski definition) is 2. The summed E-state index contributed by atoms with van der Waals surface area (Å²) in [4.78, 5) is 23.3. The van der Waals surface area contributed by atoms with Crippen LogP contribution in [0.5, 0.6) is 11.5 Å². The van der Waals surface area contributed by atoms with E-state index in [-0.39, 0.29) is 11.7 Å². The average Bonchev–Trinajstić information content (AvgIpc) is 2.64. The predicted octanol–water partition coefficient (Wildman–Crippen LogP) is 2.17. The predicted molar refractivity (Wildman–Crippen MR) is 96.3 cm³/mol. The number of amides is 1. The Balaban J connectivity index is 1.68. The minimum atomic E-state index is -0.0188. The molecule has 0 radical (unpaired) electrons. The molecule has 1 heterocycles. The minimum absolute atomic E-state index is 0.0188. The van der Waals surface area contributed by atoms with Crippen molar-refractivity contribution >= 4 is 11.7 Å². The number of hydrogen-bond acceptors (Lipinski definition) is 5. The number of ether oxygens (including phenoxy) is 2. The molecule has 1 unspecified atom stereocenters. The van der Waals surface area contributed by atoms with E-state index >= 15 is 0 Å². The number of carbonyl (C=O) groups is 2. The van der Waals surface area contributed by atoms with Gasteiger partial charge in [0.2, 0.25) is 5.91 Å². The zero-order valence-electron chi connectivity index (χ0n) is 15.1. The van der Waals surface area contributed by atoms with Gasteiger partial charge < -0.3 is 20.1 Å². The maximum absolute atomic E-state index is 11.9. The number of Topliss-reactive ketones (excluding diaryl/α,β-unsaturated/α-hetero) is 1. The molecule has 138 valence electrons. The molecule has 0 spiro atoms. The fraction of sp³-hybridized carbons (Fsp3) is 0.579. The van der Waals surface area contributed by atoms with E-state index in [1.165, 1.54) is 19.8 Å². The van der Waals surface area contributed by atoms with E-state index in [9.17, 15) is 9.59 Å². The van der Waals surface area contributed by atoms with Crippen LogP contribution in [0, 0.1) is 5.92 Å². The second-order valence-corrected chi connectivity index (χ2v) is 6.39. The fourth-order valence-electron chi connectivity index (χ4n) is 2.87. The zero-order chi connectivity index (χ0) is 18.1. The lowest BCUT2D eigenvalue weighted by atomic mass is 10.00. The molecule has 6 nitrogen and oxygen atoms in total. The second kappa shape index (κ2) is 10.0. The Hall–Kier alpha value is -2.08. The number of carbonyl (C=O) groups excluding carboxylic acids is 2. The summed E-state index contributed by atoms with van der Waals surface area (Å²) in [7, 11) is 1.54. The third-order valence-corrected chi connectivity index (χ3v) is 4.36. The second-order valence-electron chi connectivity index (χ2n) is 6.39. The third kappa shape index (κ3) is 6.38. The summed E-state index contributed by atoms with van der Waals surface area (Å²) >= 11 is 0. The normalized spacial score (nSPS) is 17.0. The van der Waals surface area contributed by atoms with Gasteiger partial charge in [-0.15, -0.1) is 0 Å². The van der Waals surface area contributed by atoms with Crippen molar-refractivity contribution in [3.63, 3.8) is 0 Å². The van der Waals surface area contributed by atoms with Crippen LogP contribution in [0.2, 0.25) is 0 Å². The maximum atomic E-state index is 11.9. The van der Waals surface area contributed by atoms with Crippen molar-refractivity contribution in [2.75, 3.05) is 33.4 Å². The van der Waals surface area contributed by atoms with Gasteiger partial charge in [-0.2, -0.15) is 0 Å². The Labute approximate surface area is 149 Å². The first-order valence-electron chi connectivity index (χ1n) is 8.89. The van der Waals surface area contributed by atoms with Gasteiger partial charge in [-0.25, -0.2) is 0 Å². The number of benzene rings is 1. The maximum Gasteiger partial charge on any atom is 0.220 e. The van der Waals surface area contributed by atoms with Crippen LogP contribution in [0.15, 0.2) is 18.2 Å². The molecule has 1 amide bonds. The van der Waals surface area contributed by atoms with E-state index in [0.717, 1.165) is 19.6 Å². The quantitative estimate of drug-likeness (QED) is 0.528. The van der Waals surface area contributed by atoms with Gasteiger partial charge in [0.1, 0.15) is 0 Å². The largest absolute Gasteiger partial charge is 0.493 e. The minimum Gasteiger partial charge on any atom is -0.493 e. The highest BCUT2D eigenvalue weighted by Gasteiger charge is 2.14. The number of methoxy groups -OCH3 is 1. The summed E-state index contributed by atoms with van der Waals surface area (Å²) in [5.41, 5.74) is 0.584. The lowest BCUT2D eigenvalue weighted by Gasteiger charge is -2.22. The fourth-order valence-corrected chi connectivity index (χ4v) is 2.87. The number of piperidine rings is 1. The lowest BCUT2D eigenvalue weighted by Crippen LogP contribution is -2.38. The van der Waals surface area contributed by atoms with Crippen molar-refractivity contribution in [2.24, 2.45) is 5.92 Å². The number of rotatable bonds is 9. The molecular weight excluding hydrogens is 320 g/mol. The molecule has 0 aromatic heterocycles. The summed E-state index contributed by atoms with van der Waals surface area (Å²) in [6.07, 6.45) is 3.42. The first kappa shape index (κ1) is 19.2. The molecule has 2 N–H and O–H groups in total. The molecule has 6 heteroatoms. The van der Waals surface area contributed by atoms with Crippen LogP contribution in [0.25, 0.3) is 0 Å². The van der Waals surface area contributed by atoms with Crippen LogP contribution in [0.3, 0.4) is 0 Å². The van der Waals surface area contributed by atoms with Gasteiger partial charge in [-0.1, -0.05) is 0 Å². The summed E-state index contributed by atoms with van der Waals surface area (Å²) in [6.45, 7) is 4.75. The monoisotopic (exact) mass is 348 g/mol. The zero-order valence-corrected chi connectivity index (χ0v) is 15.1. The highest BCUT2D eigenvalue weighted by atomic mass is 16.5. The van der Waals surface area contributed by atoms with Crippen LogP contribution >= 0.6 is 0 Å². The van der Waals surface area contributed by atoms with Crippen LogP contribution in [0.4, 0.5) is 0 Å². The molecule has 1 aliphatic heterocycles. The van der Waals surface area contributed by atoms with Crippen LogP contribution in [-0.2, 0) is 4.79 Å². The summed E-state index contributed by atoms with van der Waals surface area (Å²) in [5.74, 6) is 1.70. The Kier molecular flexibility index (Phi) is 7.73. The van der Waals surface area contributed by atoms with Crippen LogP contribution < -0.4 is 20.1 Å². The molecule has 1 aromatic carbocycles. The van der Waals surface area contributed by atoms with Crippen molar-refractivity contribution in [3.05, 3.63) is 23.8 Å². The Morgan fingerprint density at radius 2 is 2.16 bits per heavy atom. The SMILES string of the molecule is COc1cc(C(C)=O)ccc1OCCCC(=O)NCC1CCCNC1. The van der Waals surface area contributed by atoms with E-state index in [0.29, 0.717) is 42.4 Å². The molecule has 1 atom stereocenters. The van der Waals surface area contributed by atoms with Gasteiger partial charge in [0.25, 0.3) is 0 Å². The lowest BCUT2D eigenvalue weighted by molar-refractivity contribution is -0.121. The summed E-state index contributed by atoms with van der Waals surface area (Å²) in [5, 5.41) is 6.34. The molecule has 0 saturated carbocycles. The summed E-state index contributed by atoms with van der Waals surface area (Å²) in [6, 6.07) is 5.11. The Morgan fingerprint density at radius 3 is 2.84 bits per heavy atom. The van der Waals surface area contributed by atoms with Crippen LogP contribution in [0.1, 0.15) is 43.0 Å². The summed E-state index contributed by atoms with van der Waals surface area (Å²) < 4.78 is 10.9. The van der Waals surface area contributed by atoms with Gasteiger partial charge >= 0.3 is 0 Å². The van der Waals surface area contributed by atoms with Crippen LogP contribution in [-0.4, -0.2) is 45.0 Å². The van der Waals surface area contributed by atoms with Crippen molar-refractivity contribution < 1.29 is 19.1 Å². The number of nitrogens with one attached hydrogen (secondary N) is 2. The van der Waals surface area contributed by atoms with Gasteiger partial charge in [0.05, 0.1) is 13.7 Å². The van der Waals surface area contributed by atoms with Crippen molar-refractivity contribution in [1.29, 1.82) is 0 Å². The van der Waals surface area contributed by atoms with Gasteiger partial charge in [0.15, 0.2) is 17.3 Å². The van der Waals surface area contributed by atoms with Gasteiger partial charge in [-0.3, -0.25) is 9.59 Å². The first-order valence-corrected chi connectivity index (χ1v) is 8.89. The molecule has 1 aromatic rings. The van der Waals surface area contributed by atoms with E-state index in [2.05, 4.69) is 10.6 Å². The smallest absolute Gasteiger partial charge is 0.220 e. The van der Waals surface area contributed by atoms with Gasteiger partial charge in [-0.05, 0) is 63.4 Å². The highest BCUT2D eigenvalue weighted by Crippen LogP contribution is 2.28. The van der Waals surface area contributed by atoms with E-state index in [4.69, 9.17) is 9.47 Å². The van der Waals surface area contributed by atoms with Crippen molar-refractivity contribution in [1.82, 2.24) is 10.6 Å². The van der Waals surface area contributed by atoms with Crippen molar-refractivity contribution in [2.45, 2.75) is 32.6 Å². The highest BCUT2D eigenvalue weighted by molar-refractivity contribution is 5.94. The molecule has 0 bridgehead atoms. The average molecular weight is 348 g/mol. The molecule has 25 heavy (non-hydrogen) atoms. The van der Waals surface area contributed by atoms with E-state index in [1.54, 1.807) is 25.3 Å². The molecule has 0 aliphatic carbocycles. The van der Waals surface area contributed by atoms with Crippen molar-refractivity contribution in [3.8, 4) is 11.5 Å². The first-order chi connectivity index (χ1) is 12.1. The molecule has 1 fully saturated rings. The van der Waals surface area contributed by atoms with Gasteiger partial charge in [0, 0.05) is 18.5 Å². The number of ketones is 1. The molecular formula is C19H28N2O4. The molecule has 1 saturated heterocycles. The molecule has 2 rings (SSSR count). The third-order valence-electron chi connectivity index (χ3n) is 4.36. The Bertz CT molecular complexity index is 583. The molecule has 1 aliphatic rings. The van der Waals surface area contributed by atoms with E-state index < -0.39 is 0 Å². The topological polar surface area (TPSA) is 76.7 Å². The standard InChI is InChI=1S/C19H28N2O4/c1-14(22)16-7-8-17(18(11-16)24-2)25-10-4-6-19(23)21-13-15-5-3-9-20-12-15/h7-8,11,15,20H,3-6,9-10,12-13H2,1-2H3,(H,21,23). The Morgan fingerprint density at radius 1 is 1.32 bits per heavy atom. The van der Waals surface area contributed by atoms with E-state index in [1.807, 2.05) is 0 Å².